The first kappa shape index (κ1) is 19.2. The minimum atomic E-state index is -0.457. The Kier molecular flexibility index (Phi) is 11.2. The smallest absolute Gasteiger partial charge is 0.226 e. The summed E-state index contributed by atoms with van der Waals surface area (Å²) in [5, 5.41) is 0. The second-order valence-electron chi connectivity index (χ2n) is 3.11. The number of ketones is 3. The molecule has 6 heteroatoms. The van der Waals surface area contributed by atoms with Gasteiger partial charge in [-0.2, -0.15) is 0 Å². The maximum absolute atomic E-state index is 10.8. The summed E-state index contributed by atoms with van der Waals surface area (Å²) >= 11 is 1.23. The Balaban J connectivity index is 0. The molecule has 0 aromatic heterocycles. The Hall–Kier alpha value is -0.0961. The first-order chi connectivity index (χ1) is 7.42. The number of hydrogen-bond acceptors (Lipinski definition) is 5. The molecule has 0 bridgehead atoms. The van der Waals surface area contributed by atoms with Crippen molar-refractivity contribution in [1.29, 1.82) is 0 Å². The van der Waals surface area contributed by atoms with E-state index in [1.54, 1.807) is 6.92 Å². The summed E-state index contributed by atoms with van der Waals surface area (Å²) in [7, 11) is 0. The molecule has 0 amide bonds. The molecule has 0 saturated heterocycles. The molecule has 0 heterocycles. The van der Waals surface area contributed by atoms with Crippen molar-refractivity contribution in [2.45, 2.75) is 13.8 Å². The van der Waals surface area contributed by atoms with Crippen LogP contribution in [0.5, 0.6) is 0 Å². The molecule has 2 N–H and O–H groups in total. The van der Waals surface area contributed by atoms with E-state index in [4.69, 9.17) is 5.73 Å². The fourth-order valence-electron chi connectivity index (χ4n) is 0.798. The molecule has 0 aromatic rings. The molecule has 1 radical (unpaired) electrons. The summed E-state index contributed by atoms with van der Waals surface area (Å²) in [6.45, 7) is 3.41. The topological polar surface area (TPSA) is 77.2 Å². The van der Waals surface area contributed by atoms with Crippen LogP contribution in [0.25, 0.3) is 0 Å². The van der Waals surface area contributed by atoms with Gasteiger partial charge in [0.15, 0.2) is 0 Å². The van der Waals surface area contributed by atoms with Gasteiger partial charge in [-0.1, -0.05) is 0 Å². The zero-order valence-corrected chi connectivity index (χ0v) is 13.5. The fraction of sp³-hybridized carbons (Fsp3) is 0.273. The van der Waals surface area contributed by atoms with Crippen molar-refractivity contribution in [3.05, 3.63) is 28.9 Å². The van der Waals surface area contributed by atoms with Gasteiger partial charge < -0.3 is 17.5 Å². The van der Waals surface area contributed by atoms with Crippen molar-refractivity contribution in [2.75, 3.05) is 6.54 Å². The van der Waals surface area contributed by atoms with Crippen LogP contribution in [0.4, 0.5) is 0 Å². The maximum Gasteiger partial charge on any atom is 0.226 e. The molecule has 17 heavy (non-hydrogen) atoms. The molecular formula is C11H14NO3SY-. The van der Waals surface area contributed by atoms with Crippen LogP contribution >= 0.6 is 11.8 Å². The predicted molar refractivity (Wildman–Crippen MR) is 64.5 cm³/mol. The second-order valence-corrected chi connectivity index (χ2v) is 3.84. The van der Waals surface area contributed by atoms with E-state index in [1.807, 2.05) is 0 Å². The van der Waals surface area contributed by atoms with E-state index < -0.39 is 11.6 Å². The zero-order valence-electron chi connectivity index (χ0n) is 9.86. The van der Waals surface area contributed by atoms with Gasteiger partial charge >= 0.3 is 0 Å². The minimum Gasteiger partial charge on any atom is -0.324 e. The van der Waals surface area contributed by atoms with E-state index in [1.165, 1.54) is 30.8 Å². The van der Waals surface area contributed by atoms with Crippen LogP contribution in [-0.4, -0.2) is 23.9 Å². The summed E-state index contributed by atoms with van der Waals surface area (Å²) in [6, 6.07) is 0. The van der Waals surface area contributed by atoms with Gasteiger partial charge in [-0.05, 0) is 30.4 Å². The number of nitrogens with two attached hydrogens (primary N) is 1. The van der Waals surface area contributed by atoms with Crippen LogP contribution in [0.15, 0.2) is 22.6 Å². The fourth-order valence-corrected chi connectivity index (χ4v) is 1.28. The normalized spacial score (nSPS) is 13.9. The maximum atomic E-state index is 10.8. The minimum absolute atomic E-state index is 0. The van der Waals surface area contributed by atoms with Crippen LogP contribution in [0.2, 0.25) is 0 Å². The van der Waals surface area contributed by atoms with E-state index in [-0.39, 0.29) is 45.0 Å². The van der Waals surface area contributed by atoms with Crippen molar-refractivity contribution in [1.82, 2.24) is 0 Å². The molecule has 0 fully saturated rings. The molecule has 1 aliphatic rings. The zero-order chi connectivity index (χ0) is 12.7. The Bertz CT molecular complexity index is 375. The van der Waals surface area contributed by atoms with Crippen LogP contribution in [0, 0.1) is 6.26 Å². The van der Waals surface area contributed by atoms with Gasteiger partial charge in [0.05, 0.1) is 6.54 Å². The van der Waals surface area contributed by atoms with Crippen LogP contribution in [0.1, 0.15) is 13.8 Å². The standard InChI is InChI=1S/C8H7O2S.C3H7NO.Y/c1-5-3-6(9)7(10)4-8(5)11-2;1-3(5)2-4;/h3-4H,2H2,1H3;2,4H2,1H3;/q-1;;. The third-order valence-electron chi connectivity index (χ3n) is 1.68. The van der Waals surface area contributed by atoms with Gasteiger partial charge in [0.2, 0.25) is 11.6 Å². The van der Waals surface area contributed by atoms with Crippen LogP contribution < -0.4 is 5.73 Å². The quantitative estimate of drug-likeness (QED) is 0.465. The Morgan fingerprint density at radius 2 is 1.76 bits per heavy atom. The molecule has 0 spiro atoms. The van der Waals surface area contributed by atoms with Gasteiger partial charge in [-0.3, -0.25) is 20.6 Å². The van der Waals surface area contributed by atoms with Gasteiger partial charge in [0, 0.05) is 38.8 Å². The second kappa shape index (κ2) is 9.89. The predicted octanol–water partition coefficient (Wildman–Crippen LogP) is 1.02. The van der Waals surface area contributed by atoms with Crippen molar-refractivity contribution >= 4 is 29.1 Å². The van der Waals surface area contributed by atoms with E-state index in [9.17, 15) is 14.4 Å². The SMILES string of the molecule is CC(=O)CN.[CH2-]SC1=CC(=O)C(=O)C=C1C.[Y]. The van der Waals surface area contributed by atoms with Gasteiger partial charge in [0.1, 0.15) is 5.78 Å². The number of carbonyl (C=O) groups excluding carboxylic acids is 3. The van der Waals surface area contributed by atoms with E-state index in [0.29, 0.717) is 0 Å². The largest absolute Gasteiger partial charge is 0.324 e. The Morgan fingerprint density at radius 1 is 1.35 bits per heavy atom. The van der Waals surface area contributed by atoms with Crippen molar-refractivity contribution in [2.24, 2.45) is 5.73 Å². The number of Topliss-reactive ketones (excluding diaryl/α,β-unsaturated/α-hetero) is 1. The first-order valence-corrected chi connectivity index (χ1v) is 5.51. The number of carbonyl (C=O) groups is 3. The number of rotatable bonds is 2. The van der Waals surface area contributed by atoms with Gasteiger partial charge in [0.25, 0.3) is 0 Å². The van der Waals surface area contributed by atoms with Crippen LogP contribution in [0.3, 0.4) is 0 Å². The van der Waals surface area contributed by atoms with Gasteiger partial charge in [-0.25, -0.2) is 0 Å². The molecule has 1 rings (SSSR count). The van der Waals surface area contributed by atoms with E-state index in [0.717, 1.165) is 10.5 Å². The average Bonchev–Trinajstić information content (AvgIpc) is 2.24. The monoisotopic (exact) mass is 329 g/mol. The van der Waals surface area contributed by atoms with Crippen molar-refractivity contribution in [3.8, 4) is 0 Å². The molecule has 0 saturated carbocycles. The van der Waals surface area contributed by atoms with Crippen molar-refractivity contribution < 1.29 is 47.1 Å². The molecule has 91 valence electrons. The van der Waals surface area contributed by atoms with Crippen molar-refractivity contribution in [3.63, 3.8) is 0 Å². The average molecular weight is 329 g/mol. The van der Waals surface area contributed by atoms with Gasteiger partial charge in [-0.15, -0.1) is 0 Å². The first-order valence-electron chi connectivity index (χ1n) is 4.52. The Labute approximate surface area is 130 Å². The summed E-state index contributed by atoms with van der Waals surface area (Å²) in [6.07, 6.45) is 6.24. The number of allylic oxidation sites excluding steroid dienone is 3. The molecule has 4 nitrogen and oxygen atoms in total. The number of thioether (sulfide) groups is 1. The summed E-state index contributed by atoms with van der Waals surface area (Å²) < 4.78 is 0. The van der Waals surface area contributed by atoms with E-state index >= 15 is 0 Å². The number of hydrogen-bond donors (Lipinski definition) is 1. The molecular weight excluding hydrogens is 315 g/mol. The summed E-state index contributed by atoms with van der Waals surface area (Å²) in [5.74, 6) is -0.868. The summed E-state index contributed by atoms with van der Waals surface area (Å²) in [4.78, 5) is 32.0. The van der Waals surface area contributed by atoms with E-state index in [2.05, 4.69) is 6.26 Å². The molecule has 0 aromatic carbocycles. The van der Waals surface area contributed by atoms with Crippen LogP contribution in [-0.2, 0) is 47.1 Å². The summed E-state index contributed by atoms with van der Waals surface area (Å²) in [5.41, 5.74) is 5.64. The molecule has 0 unspecified atom stereocenters. The Morgan fingerprint density at radius 3 is 2.12 bits per heavy atom. The molecule has 0 atom stereocenters. The molecule has 0 aliphatic heterocycles. The third kappa shape index (κ3) is 7.76. The third-order valence-corrected chi connectivity index (χ3v) is 2.44. The molecule has 1 aliphatic carbocycles.